The van der Waals surface area contributed by atoms with Crippen LogP contribution in [0.2, 0.25) is 0 Å². The summed E-state index contributed by atoms with van der Waals surface area (Å²) in [4.78, 5) is 29.1. The molecule has 2 fully saturated rings. The van der Waals surface area contributed by atoms with E-state index in [0.717, 1.165) is 74.8 Å². The number of rotatable bonds is 5. The Balaban J connectivity index is 1.08. The summed E-state index contributed by atoms with van der Waals surface area (Å²) in [6.45, 7) is 4.38. The fraction of sp³-hybridized carbons (Fsp3) is 0.500. The Morgan fingerprint density at radius 1 is 1.13 bits per heavy atom. The number of nitrogens with zero attached hydrogens (tertiary/aromatic N) is 4. The Morgan fingerprint density at radius 2 is 1.93 bits per heavy atom. The van der Waals surface area contributed by atoms with Crippen LogP contribution in [-0.2, 0) is 11.3 Å². The van der Waals surface area contributed by atoms with Crippen molar-refractivity contribution in [1.29, 1.82) is 0 Å². The zero-order valence-electron chi connectivity index (χ0n) is 17.1. The summed E-state index contributed by atoms with van der Waals surface area (Å²) in [6.07, 6.45) is 7.54. The summed E-state index contributed by atoms with van der Waals surface area (Å²) in [5, 5.41) is 3.01. The van der Waals surface area contributed by atoms with E-state index in [1.54, 1.807) is 12.4 Å². The molecular weight excluding hydrogens is 380 g/mol. The van der Waals surface area contributed by atoms with E-state index < -0.39 is 0 Å². The van der Waals surface area contributed by atoms with Crippen LogP contribution < -0.4 is 10.2 Å². The number of benzene rings is 1. The Hall–Kier alpha value is -2.87. The number of oxazole rings is 1. The van der Waals surface area contributed by atoms with E-state index in [1.165, 1.54) is 0 Å². The van der Waals surface area contributed by atoms with Crippen molar-refractivity contribution in [3.05, 3.63) is 42.5 Å². The van der Waals surface area contributed by atoms with Gasteiger partial charge in [0.25, 0.3) is 6.01 Å². The standard InChI is InChI=1S/C22H28N6O2/c29-21(25-15-20-23-9-10-24-20)16-5-11-27(12-6-16)17-7-13-28(14-8-17)22-26-18-3-1-2-4-19(18)30-22/h1-4,9-10,16-17H,5-8,11-15H2,(H,23,24)(H,25,29). The number of para-hydroxylation sites is 2. The number of hydrogen-bond donors (Lipinski definition) is 2. The van der Waals surface area contributed by atoms with Crippen molar-refractivity contribution in [2.24, 2.45) is 5.92 Å². The minimum atomic E-state index is 0.107. The third-order valence-corrected chi connectivity index (χ3v) is 6.42. The second-order valence-corrected chi connectivity index (χ2v) is 8.25. The predicted octanol–water partition coefficient (Wildman–Crippen LogP) is 2.55. The molecule has 5 rings (SSSR count). The van der Waals surface area contributed by atoms with Gasteiger partial charge in [0.1, 0.15) is 11.3 Å². The molecule has 2 aromatic heterocycles. The van der Waals surface area contributed by atoms with Gasteiger partial charge in [0.15, 0.2) is 5.58 Å². The van der Waals surface area contributed by atoms with Crippen LogP contribution in [0, 0.1) is 5.92 Å². The van der Waals surface area contributed by atoms with Crippen LogP contribution in [0.4, 0.5) is 6.01 Å². The zero-order valence-corrected chi connectivity index (χ0v) is 17.1. The van der Waals surface area contributed by atoms with Crippen LogP contribution in [0.1, 0.15) is 31.5 Å². The number of carbonyl (C=O) groups excluding carboxylic acids is 1. The number of likely N-dealkylation sites (tertiary alicyclic amines) is 1. The molecule has 4 heterocycles. The third kappa shape index (κ3) is 4.05. The lowest BCUT2D eigenvalue weighted by Crippen LogP contribution is -2.49. The average molecular weight is 409 g/mol. The molecule has 0 atom stereocenters. The highest BCUT2D eigenvalue weighted by Crippen LogP contribution is 2.28. The molecule has 0 spiro atoms. The second-order valence-electron chi connectivity index (χ2n) is 8.25. The van der Waals surface area contributed by atoms with Crippen molar-refractivity contribution in [1.82, 2.24) is 25.2 Å². The van der Waals surface area contributed by atoms with E-state index in [4.69, 9.17) is 4.42 Å². The maximum absolute atomic E-state index is 12.5. The normalized spacial score (nSPS) is 19.4. The van der Waals surface area contributed by atoms with Crippen LogP contribution in [0.3, 0.4) is 0 Å². The van der Waals surface area contributed by atoms with Gasteiger partial charge >= 0.3 is 0 Å². The lowest BCUT2D eigenvalue weighted by molar-refractivity contribution is -0.126. The first kappa shape index (κ1) is 19.1. The number of imidazole rings is 1. The molecule has 30 heavy (non-hydrogen) atoms. The first-order chi connectivity index (χ1) is 14.8. The largest absolute Gasteiger partial charge is 0.423 e. The Kier molecular flexibility index (Phi) is 5.40. The summed E-state index contributed by atoms with van der Waals surface area (Å²) < 4.78 is 5.93. The summed E-state index contributed by atoms with van der Waals surface area (Å²) >= 11 is 0. The number of aromatic nitrogens is 3. The van der Waals surface area contributed by atoms with Gasteiger partial charge in [-0.25, -0.2) is 4.98 Å². The fourth-order valence-corrected chi connectivity index (χ4v) is 4.65. The first-order valence-corrected chi connectivity index (χ1v) is 10.9. The highest BCUT2D eigenvalue weighted by Gasteiger charge is 2.31. The van der Waals surface area contributed by atoms with Crippen LogP contribution in [0.15, 0.2) is 41.1 Å². The number of nitrogens with one attached hydrogen (secondary N) is 2. The predicted molar refractivity (Wildman–Crippen MR) is 114 cm³/mol. The quantitative estimate of drug-likeness (QED) is 0.674. The van der Waals surface area contributed by atoms with Crippen molar-refractivity contribution >= 4 is 23.0 Å². The molecule has 1 amide bonds. The molecule has 8 heteroatoms. The van der Waals surface area contributed by atoms with Crippen molar-refractivity contribution < 1.29 is 9.21 Å². The van der Waals surface area contributed by atoms with Crippen molar-refractivity contribution in [2.75, 3.05) is 31.1 Å². The number of aromatic amines is 1. The fourth-order valence-electron chi connectivity index (χ4n) is 4.65. The molecule has 2 N–H and O–H groups in total. The molecule has 158 valence electrons. The highest BCUT2D eigenvalue weighted by atomic mass is 16.4. The van der Waals surface area contributed by atoms with Crippen molar-refractivity contribution in [3.63, 3.8) is 0 Å². The summed E-state index contributed by atoms with van der Waals surface area (Å²) in [5.41, 5.74) is 1.77. The molecule has 8 nitrogen and oxygen atoms in total. The van der Waals surface area contributed by atoms with Gasteiger partial charge in [0, 0.05) is 37.4 Å². The van der Waals surface area contributed by atoms with Gasteiger partial charge in [-0.3, -0.25) is 4.79 Å². The molecule has 0 radical (unpaired) electrons. The molecule has 0 unspecified atom stereocenters. The molecule has 1 aromatic carbocycles. The van der Waals surface area contributed by atoms with E-state index in [9.17, 15) is 4.79 Å². The number of fused-ring (bicyclic) bond motifs is 1. The van der Waals surface area contributed by atoms with E-state index in [0.29, 0.717) is 12.6 Å². The van der Waals surface area contributed by atoms with Gasteiger partial charge < -0.3 is 24.5 Å². The van der Waals surface area contributed by atoms with E-state index in [2.05, 4.69) is 30.1 Å². The molecule has 0 aliphatic carbocycles. The van der Waals surface area contributed by atoms with Gasteiger partial charge in [-0.05, 0) is 50.9 Å². The zero-order chi connectivity index (χ0) is 20.3. The second kappa shape index (κ2) is 8.47. The van der Waals surface area contributed by atoms with Gasteiger partial charge in [0.05, 0.1) is 6.54 Å². The van der Waals surface area contributed by atoms with Gasteiger partial charge in [-0.15, -0.1) is 0 Å². The number of amides is 1. The Labute approximate surface area is 175 Å². The number of H-pyrrole nitrogens is 1. The monoisotopic (exact) mass is 408 g/mol. The summed E-state index contributed by atoms with van der Waals surface area (Å²) in [6, 6.07) is 9.24. The maximum Gasteiger partial charge on any atom is 0.298 e. The van der Waals surface area contributed by atoms with Crippen LogP contribution >= 0.6 is 0 Å². The number of piperidine rings is 2. The van der Waals surface area contributed by atoms with E-state index in [-0.39, 0.29) is 11.8 Å². The lowest BCUT2D eigenvalue weighted by Gasteiger charge is -2.41. The third-order valence-electron chi connectivity index (χ3n) is 6.42. The number of anilines is 1. The average Bonchev–Trinajstić information content (AvgIpc) is 3.47. The topological polar surface area (TPSA) is 90.3 Å². The number of carbonyl (C=O) groups is 1. The highest BCUT2D eigenvalue weighted by molar-refractivity contribution is 5.78. The van der Waals surface area contributed by atoms with Crippen LogP contribution in [0.25, 0.3) is 11.1 Å². The van der Waals surface area contributed by atoms with E-state index >= 15 is 0 Å². The van der Waals surface area contributed by atoms with Gasteiger partial charge in [0.2, 0.25) is 5.91 Å². The molecular formula is C22H28N6O2. The van der Waals surface area contributed by atoms with Gasteiger partial charge in [-0.1, -0.05) is 12.1 Å². The molecule has 2 aliphatic rings. The first-order valence-electron chi connectivity index (χ1n) is 10.9. The number of hydrogen-bond acceptors (Lipinski definition) is 6. The molecule has 3 aromatic rings. The van der Waals surface area contributed by atoms with Crippen LogP contribution in [0.5, 0.6) is 0 Å². The minimum Gasteiger partial charge on any atom is -0.423 e. The lowest BCUT2D eigenvalue weighted by atomic mass is 9.93. The van der Waals surface area contributed by atoms with Gasteiger partial charge in [-0.2, -0.15) is 4.98 Å². The SMILES string of the molecule is O=C(NCc1ncc[nH]1)C1CCN(C2CCN(c3nc4ccccc4o3)CC2)CC1. The molecule has 0 saturated carbocycles. The van der Waals surface area contributed by atoms with Crippen molar-refractivity contribution in [2.45, 2.75) is 38.3 Å². The minimum absolute atomic E-state index is 0.107. The Morgan fingerprint density at radius 3 is 2.67 bits per heavy atom. The van der Waals surface area contributed by atoms with Crippen LogP contribution in [-0.4, -0.2) is 58.0 Å². The maximum atomic E-state index is 12.5. The summed E-state index contributed by atoms with van der Waals surface area (Å²) in [5.74, 6) is 1.05. The molecule has 2 aliphatic heterocycles. The molecule has 2 saturated heterocycles. The summed E-state index contributed by atoms with van der Waals surface area (Å²) in [7, 11) is 0. The smallest absolute Gasteiger partial charge is 0.298 e. The molecule has 0 bridgehead atoms. The van der Waals surface area contributed by atoms with Crippen molar-refractivity contribution in [3.8, 4) is 0 Å². The van der Waals surface area contributed by atoms with E-state index in [1.807, 2.05) is 24.3 Å². The Bertz CT molecular complexity index is 936.